The van der Waals surface area contributed by atoms with Gasteiger partial charge in [-0.25, -0.2) is 8.78 Å². The number of nitrogens with zero attached hydrogens (tertiary/aromatic N) is 1. The van der Waals surface area contributed by atoms with Gasteiger partial charge in [0.15, 0.2) is 0 Å². The molecule has 0 spiro atoms. The van der Waals surface area contributed by atoms with Gasteiger partial charge in [-0.2, -0.15) is 0 Å². The molecule has 21 heavy (non-hydrogen) atoms. The summed E-state index contributed by atoms with van der Waals surface area (Å²) in [5.41, 5.74) is 0.414. The second kappa shape index (κ2) is 6.84. The molecule has 1 aromatic rings. The topological polar surface area (TPSA) is 15.3 Å². The molecule has 1 aliphatic rings. The van der Waals surface area contributed by atoms with Crippen molar-refractivity contribution in [2.45, 2.75) is 51.1 Å². The Morgan fingerprint density at radius 3 is 2.52 bits per heavy atom. The van der Waals surface area contributed by atoms with E-state index in [1.54, 1.807) is 0 Å². The van der Waals surface area contributed by atoms with E-state index in [9.17, 15) is 8.78 Å². The molecule has 1 heterocycles. The molecule has 0 saturated carbocycles. The molecule has 4 heteroatoms. The quantitative estimate of drug-likeness (QED) is 0.866. The molecule has 0 amide bonds. The van der Waals surface area contributed by atoms with E-state index in [0.29, 0.717) is 12.0 Å². The third-order valence-electron chi connectivity index (χ3n) is 5.08. The van der Waals surface area contributed by atoms with Crippen LogP contribution in [0.2, 0.25) is 0 Å². The normalized spacial score (nSPS) is 20.4. The van der Waals surface area contributed by atoms with Crippen molar-refractivity contribution in [2.75, 3.05) is 20.1 Å². The van der Waals surface area contributed by atoms with Crippen molar-refractivity contribution in [2.24, 2.45) is 0 Å². The molecule has 2 unspecified atom stereocenters. The summed E-state index contributed by atoms with van der Waals surface area (Å²) in [6.07, 6.45) is 3.93. The summed E-state index contributed by atoms with van der Waals surface area (Å²) in [6, 6.07) is 3.81. The first-order valence-corrected chi connectivity index (χ1v) is 7.87. The van der Waals surface area contributed by atoms with Gasteiger partial charge in [0.05, 0.1) is 0 Å². The van der Waals surface area contributed by atoms with E-state index >= 15 is 0 Å². The van der Waals surface area contributed by atoms with Crippen LogP contribution in [0.4, 0.5) is 8.78 Å². The van der Waals surface area contributed by atoms with Gasteiger partial charge in [-0.1, -0.05) is 6.92 Å². The van der Waals surface area contributed by atoms with Crippen LogP contribution in [0.1, 0.15) is 38.7 Å². The number of hydrogen-bond acceptors (Lipinski definition) is 2. The summed E-state index contributed by atoms with van der Waals surface area (Å²) >= 11 is 0. The number of halogens is 2. The Morgan fingerprint density at radius 2 is 1.95 bits per heavy atom. The number of hydrogen-bond donors (Lipinski definition) is 1. The monoisotopic (exact) mass is 296 g/mol. The van der Waals surface area contributed by atoms with Crippen molar-refractivity contribution in [1.82, 2.24) is 10.2 Å². The van der Waals surface area contributed by atoms with E-state index in [-0.39, 0.29) is 23.2 Å². The summed E-state index contributed by atoms with van der Waals surface area (Å²) in [7, 11) is 1.91. The Kier molecular flexibility index (Phi) is 5.33. The highest BCUT2D eigenvalue weighted by Crippen LogP contribution is 2.30. The molecule has 118 valence electrons. The van der Waals surface area contributed by atoms with Crippen LogP contribution in [0.5, 0.6) is 0 Å². The maximum Gasteiger partial charge on any atom is 0.126 e. The van der Waals surface area contributed by atoms with Gasteiger partial charge in [-0.3, -0.25) is 4.90 Å². The molecular weight excluding hydrogens is 270 g/mol. The maximum absolute atomic E-state index is 13.9. The fourth-order valence-corrected chi connectivity index (χ4v) is 3.47. The van der Waals surface area contributed by atoms with Crippen molar-refractivity contribution < 1.29 is 8.78 Å². The standard InChI is InChI=1S/C17H26F2N2/c1-4-17(2,21-9-5-6-10-21)16(20-3)12-13-11-14(18)7-8-15(13)19/h7-8,11,16,20H,4-6,9-10,12H2,1-3H3. The minimum absolute atomic E-state index is 0.0377. The fraction of sp³-hybridized carbons (Fsp3) is 0.647. The lowest BCUT2D eigenvalue weighted by Crippen LogP contribution is -2.58. The zero-order valence-electron chi connectivity index (χ0n) is 13.3. The molecule has 0 aliphatic carbocycles. The Balaban J connectivity index is 2.22. The molecule has 1 saturated heterocycles. The van der Waals surface area contributed by atoms with Gasteiger partial charge in [-0.15, -0.1) is 0 Å². The first kappa shape index (κ1) is 16.4. The lowest BCUT2D eigenvalue weighted by atomic mass is 9.83. The van der Waals surface area contributed by atoms with E-state index in [1.165, 1.54) is 31.0 Å². The summed E-state index contributed by atoms with van der Waals surface area (Å²) in [4.78, 5) is 2.49. The van der Waals surface area contributed by atoms with E-state index in [1.807, 2.05) is 7.05 Å². The average Bonchev–Trinajstić information content (AvgIpc) is 3.02. The van der Waals surface area contributed by atoms with E-state index in [0.717, 1.165) is 19.5 Å². The van der Waals surface area contributed by atoms with Crippen LogP contribution in [-0.4, -0.2) is 36.6 Å². The summed E-state index contributed by atoms with van der Waals surface area (Å²) in [6.45, 7) is 6.59. The Morgan fingerprint density at radius 1 is 1.29 bits per heavy atom. The molecule has 1 fully saturated rings. The molecule has 2 nitrogen and oxygen atoms in total. The summed E-state index contributed by atoms with van der Waals surface area (Å²) in [5.74, 6) is -0.697. The number of likely N-dealkylation sites (N-methyl/N-ethyl adjacent to an activating group) is 1. The van der Waals surface area contributed by atoms with Gasteiger partial charge in [0.2, 0.25) is 0 Å². The van der Waals surface area contributed by atoms with Gasteiger partial charge < -0.3 is 5.32 Å². The molecule has 1 aromatic carbocycles. The van der Waals surface area contributed by atoms with E-state index in [2.05, 4.69) is 24.1 Å². The van der Waals surface area contributed by atoms with Gasteiger partial charge in [-0.05, 0) is 76.5 Å². The highest BCUT2D eigenvalue weighted by atomic mass is 19.1. The van der Waals surface area contributed by atoms with Gasteiger partial charge in [0.1, 0.15) is 11.6 Å². The molecular formula is C17H26F2N2. The predicted molar refractivity (Wildman–Crippen MR) is 82.4 cm³/mol. The minimum atomic E-state index is -0.374. The van der Waals surface area contributed by atoms with Crippen LogP contribution >= 0.6 is 0 Å². The van der Waals surface area contributed by atoms with Crippen molar-refractivity contribution in [1.29, 1.82) is 0 Å². The molecule has 0 bridgehead atoms. The third-order valence-corrected chi connectivity index (χ3v) is 5.08. The molecule has 0 radical (unpaired) electrons. The SMILES string of the molecule is CCC(C)(C(Cc1cc(F)ccc1F)NC)N1CCCC1. The van der Waals surface area contributed by atoms with Crippen molar-refractivity contribution in [3.05, 3.63) is 35.4 Å². The van der Waals surface area contributed by atoms with Crippen LogP contribution in [0.15, 0.2) is 18.2 Å². The minimum Gasteiger partial charge on any atom is -0.315 e. The number of likely N-dealkylation sites (tertiary alicyclic amines) is 1. The average molecular weight is 296 g/mol. The predicted octanol–water partition coefficient (Wildman–Crippen LogP) is 3.36. The van der Waals surface area contributed by atoms with Crippen molar-refractivity contribution in [3.63, 3.8) is 0 Å². The lowest BCUT2D eigenvalue weighted by Gasteiger charge is -2.44. The largest absolute Gasteiger partial charge is 0.315 e. The Bertz CT molecular complexity index is 472. The highest BCUT2D eigenvalue weighted by molar-refractivity contribution is 5.21. The zero-order chi connectivity index (χ0) is 15.5. The van der Waals surface area contributed by atoms with Crippen LogP contribution in [-0.2, 0) is 6.42 Å². The lowest BCUT2D eigenvalue weighted by molar-refractivity contribution is 0.0869. The molecule has 2 rings (SSSR count). The van der Waals surface area contributed by atoms with Crippen LogP contribution in [0.3, 0.4) is 0 Å². The molecule has 0 aromatic heterocycles. The summed E-state index contributed by atoms with van der Waals surface area (Å²) < 4.78 is 27.3. The Labute approximate surface area is 126 Å². The maximum atomic E-state index is 13.9. The van der Waals surface area contributed by atoms with Crippen molar-refractivity contribution >= 4 is 0 Å². The van der Waals surface area contributed by atoms with Gasteiger partial charge >= 0.3 is 0 Å². The Hall–Kier alpha value is -1.00. The fourth-order valence-electron chi connectivity index (χ4n) is 3.47. The second-order valence-electron chi connectivity index (χ2n) is 6.19. The van der Waals surface area contributed by atoms with Crippen LogP contribution in [0.25, 0.3) is 0 Å². The zero-order valence-corrected chi connectivity index (χ0v) is 13.3. The number of benzene rings is 1. The molecule has 1 N–H and O–H groups in total. The van der Waals surface area contributed by atoms with E-state index in [4.69, 9.17) is 0 Å². The van der Waals surface area contributed by atoms with Gasteiger partial charge in [0, 0.05) is 11.6 Å². The third kappa shape index (κ3) is 3.43. The van der Waals surface area contributed by atoms with E-state index < -0.39 is 0 Å². The van der Waals surface area contributed by atoms with Crippen LogP contribution < -0.4 is 5.32 Å². The first-order chi connectivity index (χ1) is 10.0. The summed E-state index contributed by atoms with van der Waals surface area (Å²) in [5, 5.41) is 3.33. The second-order valence-corrected chi connectivity index (χ2v) is 6.19. The highest BCUT2D eigenvalue weighted by Gasteiger charge is 2.38. The van der Waals surface area contributed by atoms with Crippen molar-refractivity contribution in [3.8, 4) is 0 Å². The number of rotatable bonds is 6. The first-order valence-electron chi connectivity index (χ1n) is 7.87. The molecule has 1 aliphatic heterocycles. The van der Waals surface area contributed by atoms with Gasteiger partial charge in [0.25, 0.3) is 0 Å². The number of nitrogens with one attached hydrogen (secondary N) is 1. The van der Waals surface area contributed by atoms with Crippen LogP contribution in [0, 0.1) is 11.6 Å². The smallest absolute Gasteiger partial charge is 0.126 e. The molecule has 2 atom stereocenters.